The van der Waals surface area contributed by atoms with E-state index in [1.165, 1.54) is 61.8 Å². The molecule has 320 valence electrons. The molecule has 0 unspecified atom stereocenters. The van der Waals surface area contributed by atoms with Crippen molar-refractivity contribution in [2.45, 2.75) is 88.0 Å². The molecule has 2 aliphatic heterocycles. The summed E-state index contributed by atoms with van der Waals surface area (Å²) in [6.45, 7) is 25.4. The molecule has 0 fully saturated rings. The van der Waals surface area contributed by atoms with Crippen LogP contribution in [0.4, 0.5) is 0 Å². The topological polar surface area (TPSA) is 71.1 Å². The standard InChI is InChI=1S/C58H54N4OS.Zn/c1-31-25-34(4)50(35(5)26-31)54-44-19-17-42(59-44)53(40-13-15-41(16-14-40)64-57(63)58(10,11)12)43-18-20-45(60-43)55(51-36(6)27-32(2)28-37(51)7)47-22-24-49(62-47)56(48-23-21-46(54)61-48)52-38(8)29-33(3)30-39(52)9;/h13-30H,1-12H3;/q-2;+2. The van der Waals surface area contributed by atoms with Crippen molar-refractivity contribution in [3.05, 3.63) is 158 Å². The van der Waals surface area contributed by atoms with E-state index in [-0.39, 0.29) is 24.6 Å². The van der Waals surface area contributed by atoms with Gasteiger partial charge in [0.15, 0.2) is 5.12 Å². The second-order valence-corrected chi connectivity index (χ2v) is 19.9. The minimum atomic E-state index is -0.455. The first-order chi connectivity index (χ1) is 30.4. The summed E-state index contributed by atoms with van der Waals surface area (Å²) in [7, 11) is 0. The Morgan fingerprint density at radius 2 is 0.723 bits per heavy atom. The third-order valence-corrected chi connectivity index (χ3v) is 13.7. The summed E-state index contributed by atoms with van der Waals surface area (Å²) in [5.41, 5.74) is 25.2. The minimum Gasteiger partial charge on any atom is -0.657 e. The van der Waals surface area contributed by atoms with Gasteiger partial charge in [0.25, 0.3) is 0 Å². The van der Waals surface area contributed by atoms with E-state index in [9.17, 15) is 4.79 Å². The first kappa shape index (κ1) is 45.7. The summed E-state index contributed by atoms with van der Waals surface area (Å²) in [6, 6.07) is 30.3. The Morgan fingerprint density at radius 1 is 0.431 bits per heavy atom. The third-order valence-electron chi connectivity index (χ3n) is 12.4. The van der Waals surface area contributed by atoms with E-state index in [0.717, 1.165) is 94.2 Å². The van der Waals surface area contributed by atoms with Gasteiger partial charge in [0.2, 0.25) is 0 Å². The maximum atomic E-state index is 13.1. The molecule has 3 aromatic heterocycles. The smallest absolute Gasteiger partial charge is 0.657 e. The van der Waals surface area contributed by atoms with Gasteiger partial charge in [-0.1, -0.05) is 122 Å². The first-order valence-corrected chi connectivity index (χ1v) is 22.9. The number of aromatic nitrogens is 4. The Bertz CT molecular complexity index is 3210. The SMILES string of the molecule is Cc1cc(C)c(-c2c3nc(c(-c4c(C)cc(C)cc4C)c4ccc([n-]4)c(-c4c(C)cc(C)cc4C)c4nc(c(-c5ccc(SC(=O)C(C)(C)C)cc5)c5ccc2[n-]5)C=C4)C=C3)c(C)c1.[Zn+2]. The van der Waals surface area contributed by atoms with Gasteiger partial charge < -0.3 is 9.97 Å². The third kappa shape index (κ3) is 8.57. The van der Waals surface area contributed by atoms with Crippen LogP contribution in [0.3, 0.4) is 0 Å². The summed E-state index contributed by atoms with van der Waals surface area (Å²) in [4.78, 5) is 36.2. The summed E-state index contributed by atoms with van der Waals surface area (Å²) >= 11 is 1.28. The van der Waals surface area contributed by atoms with E-state index in [4.69, 9.17) is 19.9 Å². The molecule has 0 saturated heterocycles. The van der Waals surface area contributed by atoms with Gasteiger partial charge in [-0.2, -0.15) is 0 Å². The minimum absolute atomic E-state index is 0. The van der Waals surface area contributed by atoms with Crippen LogP contribution < -0.4 is 9.97 Å². The maximum Gasteiger partial charge on any atom is 2.00 e. The summed E-state index contributed by atoms with van der Waals surface area (Å²) < 4.78 is 0. The van der Waals surface area contributed by atoms with Crippen molar-refractivity contribution >= 4 is 63.2 Å². The number of fused-ring (bicyclic) bond motifs is 8. The Hall–Kier alpha value is -5.88. The first-order valence-electron chi connectivity index (χ1n) is 22.1. The predicted molar refractivity (Wildman–Crippen MR) is 271 cm³/mol. The number of carbonyl (C=O) groups is 1. The molecule has 0 atom stereocenters. The Kier molecular flexibility index (Phi) is 12.3. The van der Waals surface area contributed by atoms with Crippen molar-refractivity contribution < 1.29 is 24.3 Å². The van der Waals surface area contributed by atoms with E-state index < -0.39 is 5.41 Å². The van der Waals surface area contributed by atoms with Crippen molar-refractivity contribution in [2.24, 2.45) is 5.41 Å². The Labute approximate surface area is 400 Å². The average molecular weight is 921 g/mol. The fourth-order valence-corrected chi connectivity index (χ4v) is 10.6. The summed E-state index contributed by atoms with van der Waals surface area (Å²) in [5, 5.41) is 0.124. The van der Waals surface area contributed by atoms with E-state index >= 15 is 0 Å². The Morgan fingerprint density at radius 3 is 1.03 bits per heavy atom. The van der Waals surface area contributed by atoms with Crippen LogP contribution in [0.25, 0.3) is 90.9 Å². The number of nitrogens with zero attached hydrogens (tertiary/aromatic N) is 4. The Balaban J connectivity index is 0.00000576. The zero-order valence-corrected chi connectivity index (χ0v) is 43.5. The van der Waals surface area contributed by atoms with Gasteiger partial charge in [-0.25, -0.2) is 9.97 Å². The molecule has 0 aliphatic carbocycles. The van der Waals surface area contributed by atoms with Gasteiger partial charge in [-0.15, -0.1) is 22.1 Å². The monoisotopic (exact) mass is 918 g/mol. The molecule has 0 saturated carbocycles. The van der Waals surface area contributed by atoms with Gasteiger partial charge in [0.05, 0.1) is 22.8 Å². The predicted octanol–water partition coefficient (Wildman–Crippen LogP) is 15.0. The molecule has 5 nitrogen and oxygen atoms in total. The van der Waals surface area contributed by atoms with Gasteiger partial charge in [-0.05, 0) is 177 Å². The summed E-state index contributed by atoms with van der Waals surface area (Å²) in [5.74, 6) is 0. The molecular formula is C58H54N4OSZn. The molecule has 0 radical (unpaired) electrons. The fourth-order valence-electron chi connectivity index (χ4n) is 9.82. The van der Waals surface area contributed by atoms with Crippen LogP contribution in [-0.4, -0.2) is 15.1 Å². The molecular weight excluding hydrogens is 866 g/mol. The van der Waals surface area contributed by atoms with Gasteiger partial charge in [-0.3, -0.25) is 4.79 Å². The van der Waals surface area contributed by atoms with E-state index in [1.807, 2.05) is 32.9 Å². The molecule has 2 aliphatic rings. The normalized spacial score (nSPS) is 12.2. The molecule has 0 amide bonds. The summed E-state index contributed by atoms with van der Waals surface area (Å²) in [6.07, 6.45) is 8.56. The second-order valence-electron chi connectivity index (χ2n) is 18.8. The molecule has 7 heteroatoms. The molecule has 0 N–H and O–H groups in total. The molecule has 65 heavy (non-hydrogen) atoms. The van der Waals surface area contributed by atoms with E-state index in [2.05, 4.69) is 159 Å². The van der Waals surface area contributed by atoms with Crippen LogP contribution in [0, 0.1) is 67.7 Å². The van der Waals surface area contributed by atoms with Gasteiger partial charge >= 0.3 is 19.5 Å². The maximum absolute atomic E-state index is 13.1. The largest absolute Gasteiger partial charge is 2.00 e. The van der Waals surface area contributed by atoms with Crippen molar-refractivity contribution in [3.8, 4) is 44.5 Å². The molecule has 8 bridgehead atoms. The van der Waals surface area contributed by atoms with Crippen molar-refractivity contribution in [3.63, 3.8) is 0 Å². The van der Waals surface area contributed by atoms with Crippen LogP contribution in [0.15, 0.2) is 89.8 Å². The number of carbonyl (C=O) groups excluding carboxylic acids is 1. The van der Waals surface area contributed by atoms with E-state index in [0.29, 0.717) is 0 Å². The number of benzene rings is 4. The number of aryl methyl sites for hydroxylation is 9. The molecule has 9 rings (SSSR count). The fraction of sp³-hybridized carbons (Fsp3) is 0.224. The number of rotatable bonds is 5. The average Bonchev–Trinajstić information content (AvgIpc) is 4.05. The van der Waals surface area contributed by atoms with E-state index in [1.54, 1.807) is 0 Å². The van der Waals surface area contributed by atoms with Crippen LogP contribution >= 0.6 is 11.8 Å². The second kappa shape index (κ2) is 17.5. The van der Waals surface area contributed by atoms with Crippen LogP contribution in [0.5, 0.6) is 0 Å². The van der Waals surface area contributed by atoms with Gasteiger partial charge in [0, 0.05) is 10.3 Å². The van der Waals surface area contributed by atoms with Gasteiger partial charge in [0.1, 0.15) is 0 Å². The van der Waals surface area contributed by atoms with Crippen LogP contribution in [-0.2, 0) is 24.3 Å². The zero-order valence-electron chi connectivity index (χ0n) is 39.7. The molecule has 5 heterocycles. The van der Waals surface area contributed by atoms with Crippen molar-refractivity contribution in [1.82, 2.24) is 19.9 Å². The number of thioether (sulfide) groups is 1. The zero-order chi connectivity index (χ0) is 45.4. The molecule has 7 aromatic rings. The molecule has 4 aromatic carbocycles. The molecule has 0 spiro atoms. The van der Waals surface area contributed by atoms with Crippen LogP contribution in [0.1, 0.15) is 93.6 Å². The van der Waals surface area contributed by atoms with Crippen molar-refractivity contribution in [2.75, 3.05) is 0 Å². The van der Waals surface area contributed by atoms with Crippen LogP contribution in [0.2, 0.25) is 0 Å². The number of hydrogen-bond donors (Lipinski definition) is 0. The quantitative estimate of drug-likeness (QED) is 0.127. The van der Waals surface area contributed by atoms with Crippen molar-refractivity contribution in [1.29, 1.82) is 0 Å². The number of hydrogen-bond acceptors (Lipinski definition) is 4.